The van der Waals surface area contributed by atoms with Gasteiger partial charge in [-0.25, -0.2) is 9.37 Å². The van der Waals surface area contributed by atoms with Gasteiger partial charge in [0.1, 0.15) is 0 Å². The van der Waals surface area contributed by atoms with E-state index < -0.39 is 0 Å². The molecule has 3 fully saturated rings. The molecular weight excluding hydrogens is 345 g/mol. The number of hydrogen-bond donors (Lipinski definition) is 1. The van der Waals surface area contributed by atoms with Crippen LogP contribution in [-0.4, -0.2) is 42.2 Å². The molecule has 3 aliphatic heterocycles. The molecule has 0 saturated carbocycles. The lowest BCUT2D eigenvalue weighted by atomic mass is 9.73. The highest BCUT2D eigenvalue weighted by Crippen LogP contribution is 2.55. The molecule has 0 aliphatic carbocycles. The van der Waals surface area contributed by atoms with E-state index in [1.807, 2.05) is 17.9 Å². The van der Waals surface area contributed by atoms with Crippen molar-refractivity contribution in [3.63, 3.8) is 0 Å². The van der Waals surface area contributed by atoms with Crippen LogP contribution in [0.25, 0.3) is 0 Å². The van der Waals surface area contributed by atoms with Crippen LogP contribution in [0.5, 0.6) is 0 Å². The van der Waals surface area contributed by atoms with Crippen molar-refractivity contribution in [1.82, 2.24) is 10.3 Å². The van der Waals surface area contributed by atoms with Gasteiger partial charge in [-0.1, -0.05) is 12.2 Å². The van der Waals surface area contributed by atoms with Gasteiger partial charge in [-0.05, 0) is 44.7 Å². The fraction of sp³-hybridized carbons (Fsp3) is 0.619. The van der Waals surface area contributed by atoms with Gasteiger partial charge in [-0.15, -0.1) is 0 Å². The van der Waals surface area contributed by atoms with Crippen LogP contribution in [0.1, 0.15) is 39.0 Å². The zero-order valence-electron chi connectivity index (χ0n) is 15.9. The maximum absolute atomic E-state index is 14.2. The topological polar surface area (TPSA) is 54.5 Å². The van der Waals surface area contributed by atoms with E-state index in [-0.39, 0.29) is 23.4 Å². The normalized spacial score (nSPS) is 31.6. The van der Waals surface area contributed by atoms with Crippen molar-refractivity contribution in [2.75, 3.05) is 24.5 Å². The zero-order chi connectivity index (χ0) is 18.9. The van der Waals surface area contributed by atoms with E-state index in [0.29, 0.717) is 37.2 Å². The number of amides is 1. The van der Waals surface area contributed by atoms with E-state index in [0.717, 1.165) is 32.2 Å². The Bertz CT molecular complexity index is 725. The Morgan fingerprint density at radius 3 is 3.26 bits per heavy atom. The SMILES string of the molecule is C/C=C/CCCC(=O)NC[C@H]1[C@H]2CN(c3ncccc3F)C[C@]23CC[C@H]1O3. The second-order valence-electron chi connectivity index (χ2n) is 7.98. The van der Waals surface area contributed by atoms with Crippen molar-refractivity contribution < 1.29 is 13.9 Å². The molecule has 1 N–H and O–H groups in total. The van der Waals surface area contributed by atoms with Crippen LogP contribution in [0.3, 0.4) is 0 Å². The number of aromatic nitrogens is 1. The van der Waals surface area contributed by atoms with E-state index in [2.05, 4.69) is 16.4 Å². The molecule has 2 bridgehead atoms. The summed E-state index contributed by atoms with van der Waals surface area (Å²) in [7, 11) is 0. The number of unbranched alkanes of at least 4 members (excludes halogenated alkanes) is 1. The molecule has 27 heavy (non-hydrogen) atoms. The number of halogens is 1. The molecule has 6 heteroatoms. The van der Waals surface area contributed by atoms with E-state index in [4.69, 9.17) is 4.74 Å². The number of allylic oxidation sites excluding steroid dienone is 2. The minimum atomic E-state index is -0.283. The number of carbonyl (C=O) groups excluding carboxylic acids is 1. The molecule has 1 aromatic rings. The molecule has 3 aliphatic rings. The zero-order valence-corrected chi connectivity index (χ0v) is 15.9. The average molecular weight is 373 g/mol. The first-order chi connectivity index (χ1) is 13.1. The fourth-order valence-electron chi connectivity index (χ4n) is 5.10. The fourth-order valence-corrected chi connectivity index (χ4v) is 5.10. The van der Waals surface area contributed by atoms with Gasteiger partial charge in [-0.3, -0.25) is 4.79 Å². The average Bonchev–Trinajstić information content (AvgIpc) is 3.32. The highest BCUT2D eigenvalue weighted by atomic mass is 19.1. The van der Waals surface area contributed by atoms with E-state index in [1.165, 1.54) is 6.07 Å². The van der Waals surface area contributed by atoms with Crippen molar-refractivity contribution in [3.8, 4) is 0 Å². The van der Waals surface area contributed by atoms with Crippen molar-refractivity contribution in [2.45, 2.75) is 50.7 Å². The number of anilines is 1. The molecule has 1 spiro atoms. The van der Waals surface area contributed by atoms with Gasteiger partial charge in [-0.2, -0.15) is 0 Å². The molecule has 4 rings (SSSR count). The number of pyridine rings is 1. The molecule has 4 heterocycles. The van der Waals surface area contributed by atoms with E-state index in [1.54, 1.807) is 12.3 Å². The highest BCUT2D eigenvalue weighted by Gasteiger charge is 2.63. The van der Waals surface area contributed by atoms with Gasteiger partial charge in [0, 0.05) is 44.1 Å². The lowest BCUT2D eigenvalue weighted by molar-refractivity contribution is -0.121. The lowest BCUT2D eigenvalue weighted by Crippen LogP contribution is -2.41. The number of nitrogens with one attached hydrogen (secondary N) is 1. The molecule has 1 amide bonds. The van der Waals surface area contributed by atoms with Crippen molar-refractivity contribution in [3.05, 3.63) is 36.3 Å². The Hall–Kier alpha value is -1.95. The number of carbonyl (C=O) groups is 1. The first-order valence-corrected chi connectivity index (χ1v) is 10.0. The Balaban J connectivity index is 1.37. The molecule has 0 unspecified atom stereocenters. The monoisotopic (exact) mass is 373 g/mol. The van der Waals surface area contributed by atoms with Crippen LogP contribution in [0.4, 0.5) is 10.2 Å². The molecule has 146 valence electrons. The van der Waals surface area contributed by atoms with Gasteiger partial charge >= 0.3 is 0 Å². The second kappa shape index (κ2) is 7.58. The van der Waals surface area contributed by atoms with Gasteiger partial charge in [0.05, 0.1) is 11.7 Å². The number of hydrogen-bond acceptors (Lipinski definition) is 4. The number of rotatable bonds is 7. The van der Waals surface area contributed by atoms with Crippen LogP contribution >= 0.6 is 0 Å². The number of fused-ring (bicyclic) bond motifs is 1. The Morgan fingerprint density at radius 1 is 1.56 bits per heavy atom. The summed E-state index contributed by atoms with van der Waals surface area (Å²) >= 11 is 0. The van der Waals surface area contributed by atoms with Crippen molar-refractivity contribution >= 4 is 11.7 Å². The number of nitrogens with zero attached hydrogens (tertiary/aromatic N) is 2. The van der Waals surface area contributed by atoms with Crippen LogP contribution in [0, 0.1) is 17.7 Å². The maximum Gasteiger partial charge on any atom is 0.220 e. The van der Waals surface area contributed by atoms with Crippen LogP contribution in [0.2, 0.25) is 0 Å². The van der Waals surface area contributed by atoms with Gasteiger partial charge < -0.3 is 15.0 Å². The Morgan fingerprint density at radius 2 is 2.44 bits per heavy atom. The Labute approximate surface area is 160 Å². The Kier molecular flexibility index (Phi) is 5.17. The second-order valence-corrected chi connectivity index (χ2v) is 7.98. The van der Waals surface area contributed by atoms with Gasteiger partial charge in [0.25, 0.3) is 0 Å². The summed E-state index contributed by atoms with van der Waals surface area (Å²) in [6, 6.07) is 3.07. The van der Waals surface area contributed by atoms with Crippen LogP contribution in [-0.2, 0) is 9.53 Å². The third-order valence-electron chi connectivity index (χ3n) is 6.37. The number of ether oxygens (including phenoxy) is 1. The summed E-state index contributed by atoms with van der Waals surface area (Å²) in [5.74, 6) is 0.868. The third-order valence-corrected chi connectivity index (χ3v) is 6.37. The summed E-state index contributed by atoms with van der Waals surface area (Å²) in [6.07, 6.45) is 10.4. The molecule has 4 atom stereocenters. The first-order valence-electron chi connectivity index (χ1n) is 10.0. The van der Waals surface area contributed by atoms with E-state index >= 15 is 0 Å². The smallest absolute Gasteiger partial charge is 0.220 e. The quantitative estimate of drug-likeness (QED) is 0.590. The minimum absolute atomic E-state index is 0.113. The summed E-state index contributed by atoms with van der Waals surface area (Å²) in [5, 5.41) is 3.11. The summed E-state index contributed by atoms with van der Waals surface area (Å²) in [5.41, 5.74) is -0.198. The van der Waals surface area contributed by atoms with Crippen LogP contribution < -0.4 is 10.2 Å². The molecule has 0 aromatic carbocycles. The molecular formula is C21H28FN3O2. The van der Waals surface area contributed by atoms with Crippen LogP contribution in [0.15, 0.2) is 30.5 Å². The summed E-state index contributed by atoms with van der Waals surface area (Å²) < 4.78 is 20.6. The summed E-state index contributed by atoms with van der Waals surface area (Å²) in [6.45, 7) is 4.08. The standard InChI is InChI=1S/C21H28FN3O2/c1-2-3-4-5-8-19(26)24-12-15-16-13-25(20-17(22)7-6-11-23-20)14-21(16)10-9-18(15)27-21/h2-3,6-7,11,15-16,18H,4-5,8-10,12-14H2,1H3,(H,24,26)/b3-2+/t15-,16+,18+,21+/m0/s1. The third kappa shape index (κ3) is 3.47. The molecule has 3 saturated heterocycles. The predicted molar refractivity (Wildman–Crippen MR) is 102 cm³/mol. The molecule has 5 nitrogen and oxygen atoms in total. The van der Waals surface area contributed by atoms with Gasteiger partial charge in [0.2, 0.25) is 5.91 Å². The largest absolute Gasteiger partial charge is 0.369 e. The summed E-state index contributed by atoms with van der Waals surface area (Å²) in [4.78, 5) is 18.4. The van der Waals surface area contributed by atoms with Gasteiger partial charge in [0.15, 0.2) is 11.6 Å². The van der Waals surface area contributed by atoms with Crippen molar-refractivity contribution in [2.24, 2.45) is 11.8 Å². The maximum atomic E-state index is 14.2. The lowest BCUT2D eigenvalue weighted by Gasteiger charge is -2.29. The minimum Gasteiger partial charge on any atom is -0.369 e. The van der Waals surface area contributed by atoms with E-state index in [9.17, 15) is 9.18 Å². The molecule has 1 aromatic heterocycles. The molecule has 0 radical (unpaired) electrons. The predicted octanol–water partition coefficient (Wildman–Crippen LogP) is 3.07. The van der Waals surface area contributed by atoms with Crippen molar-refractivity contribution in [1.29, 1.82) is 0 Å². The highest BCUT2D eigenvalue weighted by molar-refractivity contribution is 5.75. The first kappa shape index (κ1) is 18.4.